The predicted molar refractivity (Wildman–Crippen MR) is 86.5 cm³/mol. The number of carboxylic acid groups (broad SMARTS) is 1. The molecule has 0 aliphatic carbocycles. The van der Waals surface area contributed by atoms with E-state index < -0.39 is 14.3 Å². The second-order valence-electron chi connectivity index (χ2n) is 7.09. The first-order valence-electron chi connectivity index (χ1n) is 7.41. The molecule has 0 bridgehead atoms. The van der Waals surface area contributed by atoms with E-state index in [1.54, 1.807) is 6.07 Å². The molecule has 22 heavy (non-hydrogen) atoms. The Kier molecular flexibility index (Phi) is 4.53. The summed E-state index contributed by atoms with van der Waals surface area (Å²) in [7, 11) is -1.84. The maximum Gasteiger partial charge on any atom is 0.335 e. The van der Waals surface area contributed by atoms with E-state index in [-0.39, 0.29) is 16.7 Å². The lowest BCUT2D eigenvalue weighted by Gasteiger charge is -2.37. The number of fused-ring (bicyclic) bond motifs is 1. The average Bonchev–Trinajstić information content (AvgIpc) is 2.43. The molecule has 0 unspecified atom stereocenters. The van der Waals surface area contributed by atoms with Crippen molar-refractivity contribution in [3.63, 3.8) is 0 Å². The summed E-state index contributed by atoms with van der Waals surface area (Å²) in [6.07, 6.45) is -0.217. The molecule has 0 amide bonds. The normalized spacial score (nSPS) is 18.1. The number of ether oxygens (including phenoxy) is 2. The summed E-state index contributed by atoms with van der Waals surface area (Å²) in [5.74, 6) is 0.0644. The van der Waals surface area contributed by atoms with Crippen LogP contribution in [0.3, 0.4) is 0 Å². The number of hydrogen-bond acceptors (Lipinski definition) is 4. The lowest BCUT2D eigenvalue weighted by atomic mass is 10.2. The first-order chi connectivity index (χ1) is 10.1. The van der Waals surface area contributed by atoms with E-state index in [1.807, 2.05) is 0 Å². The average molecular weight is 324 g/mol. The van der Waals surface area contributed by atoms with Crippen LogP contribution in [0.5, 0.6) is 11.5 Å². The number of hydrogen-bond donors (Lipinski definition) is 1. The first kappa shape index (κ1) is 16.8. The third-order valence-corrected chi connectivity index (χ3v) is 8.85. The molecule has 1 aromatic carbocycles. The molecule has 1 heterocycles. The molecule has 1 atom stereocenters. The highest BCUT2D eigenvalue weighted by Crippen LogP contribution is 2.37. The summed E-state index contributed by atoms with van der Waals surface area (Å²) >= 11 is 0. The van der Waals surface area contributed by atoms with E-state index in [1.165, 1.54) is 12.1 Å². The van der Waals surface area contributed by atoms with Gasteiger partial charge in [-0.3, -0.25) is 0 Å². The highest BCUT2D eigenvalue weighted by Gasteiger charge is 2.38. The lowest BCUT2D eigenvalue weighted by Crippen LogP contribution is -2.45. The van der Waals surface area contributed by atoms with Crippen LogP contribution in [0, 0.1) is 0 Å². The number of carbonyl (C=O) groups is 1. The summed E-state index contributed by atoms with van der Waals surface area (Å²) in [4.78, 5) is 11.0. The van der Waals surface area contributed by atoms with Crippen molar-refractivity contribution in [3.8, 4) is 11.5 Å². The number of rotatable bonds is 4. The lowest BCUT2D eigenvalue weighted by molar-refractivity contribution is 0.0488. The molecule has 1 aliphatic heterocycles. The molecular formula is C16H24O5Si. The van der Waals surface area contributed by atoms with Crippen molar-refractivity contribution in [1.29, 1.82) is 0 Å². The minimum absolute atomic E-state index is 0.136. The molecule has 0 radical (unpaired) electrons. The molecular weight excluding hydrogens is 300 g/mol. The summed E-state index contributed by atoms with van der Waals surface area (Å²) in [5, 5.41) is 9.17. The summed E-state index contributed by atoms with van der Waals surface area (Å²) in [6, 6.07) is 4.64. The summed E-state index contributed by atoms with van der Waals surface area (Å²) < 4.78 is 17.6. The van der Waals surface area contributed by atoms with Crippen LogP contribution in [0.25, 0.3) is 0 Å². The van der Waals surface area contributed by atoms with Gasteiger partial charge in [-0.1, -0.05) is 20.8 Å². The molecule has 0 fully saturated rings. The van der Waals surface area contributed by atoms with Crippen molar-refractivity contribution in [3.05, 3.63) is 23.8 Å². The quantitative estimate of drug-likeness (QED) is 0.858. The van der Waals surface area contributed by atoms with Crippen molar-refractivity contribution in [2.75, 3.05) is 13.2 Å². The van der Waals surface area contributed by atoms with E-state index in [4.69, 9.17) is 19.0 Å². The maximum absolute atomic E-state index is 11.0. The number of aromatic carboxylic acids is 1. The second-order valence-corrected chi connectivity index (χ2v) is 11.9. The van der Waals surface area contributed by atoms with Gasteiger partial charge in [-0.25, -0.2) is 4.79 Å². The molecule has 1 N–H and O–H groups in total. The van der Waals surface area contributed by atoms with Crippen LogP contribution in [0.4, 0.5) is 0 Å². The number of carboxylic acids is 1. The molecule has 2 rings (SSSR count). The van der Waals surface area contributed by atoms with Gasteiger partial charge >= 0.3 is 5.97 Å². The van der Waals surface area contributed by atoms with E-state index in [0.29, 0.717) is 24.7 Å². The van der Waals surface area contributed by atoms with Gasteiger partial charge in [0.05, 0.1) is 12.2 Å². The van der Waals surface area contributed by atoms with Crippen LogP contribution in [-0.2, 0) is 4.43 Å². The Morgan fingerprint density at radius 3 is 2.64 bits per heavy atom. The van der Waals surface area contributed by atoms with Gasteiger partial charge < -0.3 is 19.0 Å². The maximum atomic E-state index is 11.0. The van der Waals surface area contributed by atoms with Crippen LogP contribution < -0.4 is 9.47 Å². The Hall–Kier alpha value is -1.53. The van der Waals surface area contributed by atoms with Crippen molar-refractivity contribution in [1.82, 2.24) is 0 Å². The Labute approximate surface area is 132 Å². The monoisotopic (exact) mass is 324 g/mol. The van der Waals surface area contributed by atoms with E-state index in [2.05, 4.69) is 33.9 Å². The molecule has 1 aromatic rings. The van der Waals surface area contributed by atoms with Crippen molar-refractivity contribution in [2.24, 2.45) is 0 Å². The van der Waals surface area contributed by atoms with Crippen LogP contribution in [0.1, 0.15) is 31.1 Å². The molecule has 5 nitrogen and oxygen atoms in total. The van der Waals surface area contributed by atoms with E-state index in [0.717, 1.165) is 0 Å². The van der Waals surface area contributed by atoms with Gasteiger partial charge in [-0.05, 0) is 36.3 Å². The van der Waals surface area contributed by atoms with Crippen molar-refractivity contribution in [2.45, 2.75) is 45.0 Å². The fourth-order valence-corrected chi connectivity index (χ4v) is 2.88. The summed E-state index contributed by atoms with van der Waals surface area (Å²) in [6.45, 7) is 11.8. The zero-order valence-corrected chi connectivity index (χ0v) is 14.8. The Morgan fingerprint density at radius 1 is 1.36 bits per heavy atom. The minimum atomic E-state index is -1.84. The molecule has 122 valence electrons. The van der Waals surface area contributed by atoms with Gasteiger partial charge in [0.1, 0.15) is 6.61 Å². The van der Waals surface area contributed by atoms with Crippen LogP contribution >= 0.6 is 0 Å². The molecule has 0 aromatic heterocycles. The standard InChI is InChI=1S/C16H24O5Si/c1-16(2,3)22(4,5)20-10-12-9-19-13-7-6-11(15(17)18)8-14(13)21-12/h6-8,12H,9-10H2,1-5H3,(H,17,18)/t12-/m1/s1. The third kappa shape index (κ3) is 3.62. The molecule has 0 spiro atoms. The fourth-order valence-electron chi connectivity index (χ4n) is 1.85. The van der Waals surface area contributed by atoms with Gasteiger partial charge in [-0.2, -0.15) is 0 Å². The largest absolute Gasteiger partial charge is 0.486 e. The predicted octanol–water partition coefficient (Wildman–Crippen LogP) is 3.55. The van der Waals surface area contributed by atoms with Crippen molar-refractivity contribution < 1.29 is 23.8 Å². The van der Waals surface area contributed by atoms with Crippen LogP contribution in [0.15, 0.2) is 18.2 Å². The molecule has 0 saturated carbocycles. The fraction of sp³-hybridized carbons (Fsp3) is 0.562. The SMILES string of the molecule is CC(C)(C)[Si](C)(C)OC[C@H]1COc2ccc(C(=O)O)cc2O1. The van der Waals surface area contributed by atoms with Gasteiger partial charge in [0, 0.05) is 0 Å². The Balaban J connectivity index is 2.03. The van der Waals surface area contributed by atoms with Gasteiger partial charge in [0.15, 0.2) is 25.9 Å². The van der Waals surface area contributed by atoms with E-state index >= 15 is 0 Å². The zero-order valence-electron chi connectivity index (χ0n) is 13.8. The van der Waals surface area contributed by atoms with Gasteiger partial charge in [0.25, 0.3) is 0 Å². The first-order valence-corrected chi connectivity index (χ1v) is 10.3. The molecule has 1 aliphatic rings. The smallest absolute Gasteiger partial charge is 0.335 e. The second kappa shape index (κ2) is 5.93. The van der Waals surface area contributed by atoms with Gasteiger partial charge in [0.2, 0.25) is 0 Å². The van der Waals surface area contributed by atoms with E-state index in [9.17, 15) is 4.79 Å². The van der Waals surface area contributed by atoms with Gasteiger partial charge in [-0.15, -0.1) is 0 Å². The minimum Gasteiger partial charge on any atom is -0.486 e. The Bertz CT molecular complexity index is 562. The topological polar surface area (TPSA) is 65.0 Å². The molecule has 0 saturated heterocycles. The highest BCUT2D eigenvalue weighted by molar-refractivity contribution is 6.74. The van der Waals surface area contributed by atoms with Crippen LogP contribution in [0.2, 0.25) is 18.1 Å². The summed E-state index contributed by atoms with van der Waals surface area (Å²) in [5.41, 5.74) is 0.188. The highest BCUT2D eigenvalue weighted by atomic mass is 28.4. The van der Waals surface area contributed by atoms with Crippen molar-refractivity contribution >= 4 is 14.3 Å². The zero-order chi connectivity index (χ0) is 16.5. The van der Waals surface area contributed by atoms with Crippen LogP contribution in [-0.4, -0.2) is 38.7 Å². The number of benzene rings is 1. The Morgan fingerprint density at radius 2 is 2.05 bits per heavy atom. The third-order valence-electron chi connectivity index (χ3n) is 4.35. The molecule has 6 heteroatoms.